The predicted octanol–water partition coefficient (Wildman–Crippen LogP) is 5.24. The van der Waals surface area contributed by atoms with Gasteiger partial charge in [0.25, 0.3) is 0 Å². The monoisotopic (exact) mass is 304 g/mol. The van der Waals surface area contributed by atoms with Gasteiger partial charge in [-0.2, -0.15) is 13.2 Å². The van der Waals surface area contributed by atoms with Crippen LogP contribution in [0.2, 0.25) is 0 Å². The van der Waals surface area contributed by atoms with Crippen molar-refractivity contribution in [2.75, 3.05) is 0 Å². The van der Waals surface area contributed by atoms with Crippen molar-refractivity contribution in [2.45, 2.75) is 18.8 Å². The fourth-order valence-electron chi connectivity index (χ4n) is 1.92. The summed E-state index contributed by atoms with van der Waals surface area (Å²) in [5.74, 6) is -1.53. The Hall–Kier alpha value is -1.98. The average Bonchev–Trinajstić information content (AvgIpc) is 2.42. The van der Waals surface area contributed by atoms with Crippen LogP contribution in [0.15, 0.2) is 42.5 Å². The Bertz CT molecular complexity index is 632. The van der Waals surface area contributed by atoms with E-state index in [1.54, 1.807) is 0 Å². The van der Waals surface area contributed by atoms with Gasteiger partial charge in [0, 0.05) is 6.42 Å². The highest BCUT2D eigenvalue weighted by atomic mass is 19.4. The number of benzene rings is 2. The summed E-state index contributed by atoms with van der Waals surface area (Å²) in [7, 11) is 0. The minimum atomic E-state index is -4.58. The first kappa shape index (κ1) is 15.4. The van der Waals surface area contributed by atoms with Gasteiger partial charge in [0.15, 0.2) is 0 Å². The van der Waals surface area contributed by atoms with Crippen molar-refractivity contribution >= 4 is 0 Å². The Morgan fingerprint density at radius 2 is 1.67 bits per heavy atom. The van der Waals surface area contributed by atoms with E-state index in [9.17, 15) is 26.3 Å². The molecule has 112 valence electrons. The summed E-state index contributed by atoms with van der Waals surface area (Å²) in [5, 5.41) is 0. The lowest BCUT2D eigenvalue weighted by Gasteiger charge is -2.12. The second-order valence-corrected chi connectivity index (χ2v) is 4.53. The Labute approximate surface area is 117 Å². The van der Waals surface area contributed by atoms with Crippen LogP contribution in [0.3, 0.4) is 0 Å². The third-order valence-electron chi connectivity index (χ3n) is 2.98. The van der Waals surface area contributed by atoms with E-state index in [1.165, 1.54) is 6.07 Å². The Kier molecular flexibility index (Phi) is 4.25. The van der Waals surface area contributed by atoms with Crippen LogP contribution in [0, 0.1) is 11.6 Å². The van der Waals surface area contributed by atoms with Gasteiger partial charge in [-0.3, -0.25) is 0 Å². The lowest BCUT2D eigenvalue weighted by atomic mass is 10.0. The van der Waals surface area contributed by atoms with Crippen LogP contribution in [0.1, 0.15) is 22.9 Å². The summed E-state index contributed by atoms with van der Waals surface area (Å²) in [6.45, 7) is 0. The number of rotatable bonds is 3. The fourth-order valence-corrected chi connectivity index (χ4v) is 1.92. The molecule has 2 rings (SSSR count). The first-order valence-corrected chi connectivity index (χ1v) is 6.02. The van der Waals surface area contributed by atoms with Crippen molar-refractivity contribution in [1.82, 2.24) is 0 Å². The zero-order valence-corrected chi connectivity index (χ0v) is 10.6. The van der Waals surface area contributed by atoms with Crippen molar-refractivity contribution in [3.8, 4) is 0 Å². The largest absolute Gasteiger partial charge is 0.416 e. The maximum Gasteiger partial charge on any atom is 0.416 e. The van der Waals surface area contributed by atoms with Crippen LogP contribution in [-0.4, -0.2) is 0 Å². The molecule has 2 aromatic rings. The molecule has 2 aromatic carbocycles. The summed E-state index contributed by atoms with van der Waals surface area (Å²) in [4.78, 5) is 0. The van der Waals surface area contributed by atoms with Crippen LogP contribution >= 0.6 is 0 Å². The molecular weight excluding hydrogens is 294 g/mol. The third kappa shape index (κ3) is 3.77. The van der Waals surface area contributed by atoms with Gasteiger partial charge < -0.3 is 0 Å². The molecule has 0 saturated heterocycles. The van der Waals surface area contributed by atoms with Gasteiger partial charge in [-0.1, -0.05) is 12.1 Å². The Morgan fingerprint density at radius 1 is 0.952 bits per heavy atom. The highest BCUT2D eigenvalue weighted by molar-refractivity contribution is 5.29. The van der Waals surface area contributed by atoms with Gasteiger partial charge in [-0.05, 0) is 41.5 Å². The fraction of sp³-hybridized carbons (Fsp3) is 0.200. The number of alkyl halides is 4. The SMILES string of the molecule is Fc1ccc(F)c(CC(F)c2cccc(C(F)(F)F)c2)c1. The average molecular weight is 304 g/mol. The van der Waals surface area contributed by atoms with Crippen LogP contribution in [0.25, 0.3) is 0 Å². The lowest BCUT2D eigenvalue weighted by molar-refractivity contribution is -0.137. The van der Waals surface area contributed by atoms with E-state index >= 15 is 0 Å². The van der Waals surface area contributed by atoms with Crippen LogP contribution in [0.4, 0.5) is 26.3 Å². The van der Waals surface area contributed by atoms with Crippen LogP contribution < -0.4 is 0 Å². The highest BCUT2D eigenvalue weighted by Crippen LogP contribution is 2.32. The molecule has 0 aliphatic heterocycles. The number of hydrogen-bond donors (Lipinski definition) is 0. The molecule has 0 bridgehead atoms. The first-order chi connectivity index (χ1) is 9.77. The van der Waals surface area contributed by atoms with E-state index in [0.29, 0.717) is 6.07 Å². The Balaban J connectivity index is 2.24. The van der Waals surface area contributed by atoms with Gasteiger partial charge in [0.05, 0.1) is 5.56 Å². The molecule has 0 radical (unpaired) electrons. The van der Waals surface area contributed by atoms with E-state index in [-0.39, 0.29) is 11.1 Å². The topological polar surface area (TPSA) is 0 Å². The van der Waals surface area contributed by atoms with Gasteiger partial charge in [0.2, 0.25) is 0 Å². The molecule has 0 aliphatic carbocycles. The molecule has 21 heavy (non-hydrogen) atoms. The molecule has 1 atom stereocenters. The second kappa shape index (κ2) is 5.79. The molecule has 1 unspecified atom stereocenters. The first-order valence-electron chi connectivity index (χ1n) is 6.02. The van der Waals surface area contributed by atoms with Crippen molar-refractivity contribution in [1.29, 1.82) is 0 Å². The van der Waals surface area contributed by atoms with Gasteiger partial charge >= 0.3 is 6.18 Å². The lowest BCUT2D eigenvalue weighted by Crippen LogP contribution is -2.07. The summed E-state index contributed by atoms with van der Waals surface area (Å²) in [5.41, 5.74) is -1.43. The summed E-state index contributed by atoms with van der Waals surface area (Å²) in [6, 6.07) is 6.31. The number of hydrogen-bond acceptors (Lipinski definition) is 0. The Morgan fingerprint density at radius 3 is 2.33 bits per heavy atom. The predicted molar refractivity (Wildman–Crippen MR) is 65.4 cm³/mol. The maximum atomic E-state index is 14.0. The van der Waals surface area contributed by atoms with E-state index in [2.05, 4.69) is 0 Å². The van der Waals surface area contributed by atoms with Crippen LogP contribution in [-0.2, 0) is 12.6 Å². The molecular formula is C15H10F6. The second-order valence-electron chi connectivity index (χ2n) is 4.53. The third-order valence-corrected chi connectivity index (χ3v) is 2.98. The van der Waals surface area contributed by atoms with Crippen molar-refractivity contribution < 1.29 is 26.3 Å². The van der Waals surface area contributed by atoms with Crippen molar-refractivity contribution in [2.24, 2.45) is 0 Å². The van der Waals surface area contributed by atoms with Gasteiger partial charge in [-0.15, -0.1) is 0 Å². The molecule has 0 spiro atoms. The van der Waals surface area contributed by atoms with Crippen molar-refractivity contribution in [3.63, 3.8) is 0 Å². The highest BCUT2D eigenvalue weighted by Gasteiger charge is 2.31. The molecule has 6 heteroatoms. The molecule has 0 amide bonds. The normalized spacial score (nSPS) is 13.2. The zero-order valence-electron chi connectivity index (χ0n) is 10.6. The van der Waals surface area contributed by atoms with Crippen molar-refractivity contribution in [3.05, 3.63) is 70.8 Å². The summed E-state index contributed by atoms with van der Waals surface area (Å²) < 4.78 is 78.1. The molecule has 0 fully saturated rings. The quantitative estimate of drug-likeness (QED) is 0.681. The zero-order chi connectivity index (χ0) is 15.6. The van der Waals surface area contributed by atoms with E-state index < -0.39 is 36.0 Å². The molecule has 0 saturated carbocycles. The standard InChI is InChI=1S/C15H10F6/c16-12-4-5-13(17)10(7-12)8-14(18)9-2-1-3-11(6-9)15(19,20)21/h1-7,14H,8H2. The van der Waals surface area contributed by atoms with Crippen LogP contribution in [0.5, 0.6) is 0 Å². The summed E-state index contributed by atoms with van der Waals surface area (Å²) >= 11 is 0. The molecule has 0 N–H and O–H groups in total. The molecule has 0 heterocycles. The summed E-state index contributed by atoms with van der Waals surface area (Å²) in [6.07, 6.45) is -6.98. The molecule has 0 aliphatic rings. The minimum Gasteiger partial charge on any atom is -0.242 e. The van der Waals surface area contributed by atoms with E-state index in [1.807, 2.05) is 0 Å². The van der Waals surface area contributed by atoms with Gasteiger partial charge in [0.1, 0.15) is 17.8 Å². The number of halogens is 6. The molecule has 0 nitrogen and oxygen atoms in total. The molecule has 0 aromatic heterocycles. The van der Waals surface area contributed by atoms with E-state index in [4.69, 9.17) is 0 Å². The minimum absolute atomic E-state index is 0.222. The van der Waals surface area contributed by atoms with Gasteiger partial charge in [-0.25, -0.2) is 13.2 Å². The maximum absolute atomic E-state index is 14.0. The smallest absolute Gasteiger partial charge is 0.242 e. The van der Waals surface area contributed by atoms with E-state index in [0.717, 1.165) is 30.3 Å².